The van der Waals surface area contributed by atoms with Crippen molar-refractivity contribution in [1.29, 1.82) is 0 Å². The lowest BCUT2D eigenvalue weighted by molar-refractivity contribution is -0.389. The number of rotatable bonds is 5. The molecule has 2 N–H and O–H groups in total. The fourth-order valence-corrected chi connectivity index (χ4v) is 2.32. The van der Waals surface area contributed by atoms with Gasteiger partial charge in [0.15, 0.2) is 10.7 Å². The summed E-state index contributed by atoms with van der Waals surface area (Å²) in [5, 5.41) is 23.0. The van der Waals surface area contributed by atoms with Crippen LogP contribution in [0.25, 0.3) is 0 Å². The number of nitro groups is 1. The van der Waals surface area contributed by atoms with E-state index in [2.05, 4.69) is 25.6 Å². The average Bonchev–Trinajstić information content (AvgIpc) is 3.16. The number of aromatic amines is 1. The van der Waals surface area contributed by atoms with Crippen molar-refractivity contribution in [2.24, 2.45) is 0 Å². The summed E-state index contributed by atoms with van der Waals surface area (Å²) in [4.78, 5) is 25.9. The second-order valence-corrected chi connectivity index (χ2v) is 5.65. The van der Waals surface area contributed by atoms with E-state index in [-0.39, 0.29) is 16.7 Å². The quantitative estimate of drug-likeness (QED) is 0.515. The largest absolute Gasteiger partial charge is 0.362 e. The number of nitrogens with one attached hydrogen (secondary N) is 2. The number of anilines is 1. The Morgan fingerprint density at radius 2 is 2.04 bits per heavy atom. The number of halogens is 2. The zero-order chi connectivity index (χ0) is 18.0. The van der Waals surface area contributed by atoms with Crippen LogP contribution in [0.15, 0.2) is 30.6 Å². The van der Waals surface area contributed by atoms with E-state index in [1.165, 1.54) is 11.0 Å². The van der Waals surface area contributed by atoms with Crippen LogP contribution in [-0.4, -0.2) is 35.8 Å². The Morgan fingerprint density at radius 1 is 1.32 bits per heavy atom. The van der Waals surface area contributed by atoms with E-state index in [1.54, 1.807) is 12.1 Å². The van der Waals surface area contributed by atoms with Gasteiger partial charge in [-0.25, -0.2) is 9.67 Å². The Kier molecular flexibility index (Phi) is 4.63. The van der Waals surface area contributed by atoms with Crippen molar-refractivity contribution in [2.45, 2.75) is 6.54 Å². The molecular weight excluding hydrogens is 373 g/mol. The smallest absolute Gasteiger partial charge is 0.358 e. The van der Waals surface area contributed by atoms with E-state index in [0.29, 0.717) is 11.6 Å². The second kappa shape index (κ2) is 6.87. The first-order valence-corrected chi connectivity index (χ1v) is 7.53. The standard InChI is InChI=1S/C13H9Cl2N7O3/c14-8-3-1-7(2-4-8)5-21-6-16-13(20-21)17-12(23)10-9(15)11(19-18-10)22(24)25/h1-4,6H,5H2,(H,18,19)(H,17,20,23). The molecule has 1 aromatic carbocycles. The maximum atomic E-state index is 12.1. The Labute approximate surface area is 149 Å². The van der Waals surface area contributed by atoms with Gasteiger partial charge in [0.25, 0.3) is 5.91 Å². The van der Waals surface area contributed by atoms with E-state index in [0.717, 1.165) is 5.56 Å². The van der Waals surface area contributed by atoms with Crippen LogP contribution >= 0.6 is 23.2 Å². The monoisotopic (exact) mass is 381 g/mol. The van der Waals surface area contributed by atoms with Crippen molar-refractivity contribution in [1.82, 2.24) is 25.0 Å². The molecule has 0 fully saturated rings. The molecule has 12 heteroatoms. The highest BCUT2D eigenvalue weighted by Crippen LogP contribution is 2.25. The van der Waals surface area contributed by atoms with E-state index >= 15 is 0 Å². The van der Waals surface area contributed by atoms with Gasteiger partial charge in [-0.3, -0.25) is 10.1 Å². The second-order valence-electron chi connectivity index (χ2n) is 4.84. The van der Waals surface area contributed by atoms with Crippen molar-refractivity contribution >= 4 is 40.9 Å². The van der Waals surface area contributed by atoms with Gasteiger partial charge >= 0.3 is 5.82 Å². The first-order chi connectivity index (χ1) is 11.9. The van der Waals surface area contributed by atoms with E-state index < -0.39 is 16.6 Å². The summed E-state index contributed by atoms with van der Waals surface area (Å²) in [7, 11) is 0. The van der Waals surface area contributed by atoms with Gasteiger partial charge < -0.3 is 10.1 Å². The number of nitrogens with zero attached hydrogens (tertiary/aromatic N) is 5. The number of carbonyl (C=O) groups excluding carboxylic acids is 1. The first kappa shape index (κ1) is 16.9. The lowest BCUT2D eigenvalue weighted by Crippen LogP contribution is -2.14. The predicted octanol–water partition coefficient (Wildman–Crippen LogP) is 2.52. The van der Waals surface area contributed by atoms with Crippen molar-refractivity contribution in [3.8, 4) is 0 Å². The molecule has 0 aliphatic rings. The number of amides is 1. The summed E-state index contributed by atoms with van der Waals surface area (Å²) in [6, 6.07) is 7.18. The molecule has 0 unspecified atom stereocenters. The van der Waals surface area contributed by atoms with Crippen LogP contribution in [0, 0.1) is 10.1 Å². The summed E-state index contributed by atoms with van der Waals surface area (Å²) in [6.45, 7) is 0.425. The highest BCUT2D eigenvalue weighted by molar-refractivity contribution is 6.35. The molecule has 0 radical (unpaired) electrons. The fourth-order valence-electron chi connectivity index (χ4n) is 1.96. The minimum atomic E-state index is -0.773. The third-order valence-corrected chi connectivity index (χ3v) is 3.72. The molecule has 0 saturated heterocycles. The zero-order valence-electron chi connectivity index (χ0n) is 12.3. The van der Waals surface area contributed by atoms with Crippen molar-refractivity contribution in [3.05, 3.63) is 62.0 Å². The highest BCUT2D eigenvalue weighted by atomic mass is 35.5. The summed E-state index contributed by atoms with van der Waals surface area (Å²) < 4.78 is 1.51. The molecule has 2 aromatic heterocycles. The van der Waals surface area contributed by atoms with Gasteiger partial charge in [0, 0.05) is 5.02 Å². The molecule has 3 rings (SSSR count). The molecule has 128 valence electrons. The Hall–Kier alpha value is -2.98. The van der Waals surface area contributed by atoms with Gasteiger partial charge in [0.1, 0.15) is 6.33 Å². The van der Waals surface area contributed by atoms with Gasteiger partial charge in [0.2, 0.25) is 5.95 Å². The van der Waals surface area contributed by atoms with Crippen LogP contribution in [0.4, 0.5) is 11.8 Å². The predicted molar refractivity (Wildman–Crippen MR) is 88.8 cm³/mol. The number of hydrogen-bond donors (Lipinski definition) is 2. The molecule has 0 saturated carbocycles. The lowest BCUT2D eigenvalue weighted by Gasteiger charge is -2.01. The van der Waals surface area contributed by atoms with Gasteiger partial charge in [-0.15, -0.1) is 10.2 Å². The number of carbonyl (C=O) groups is 1. The topological polar surface area (TPSA) is 132 Å². The van der Waals surface area contributed by atoms with E-state index in [4.69, 9.17) is 23.2 Å². The van der Waals surface area contributed by atoms with Gasteiger partial charge in [0.05, 0.1) is 6.54 Å². The molecule has 10 nitrogen and oxygen atoms in total. The summed E-state index contributed by atoms with van der Waals surface area (Å²) in [5.74, 6) is -1.31. The SMILES string of the molecule is O=C(Nc1ncn(Cc2ccc(Cl)cc2)n1)c1n[nH]c([N+](=O)[O-])c1Cl. The van der Waals surface area contributed by atoms with Crippen LogP contribution in [-0.2, 0) is 6.54 Å². The molecule has 0 bridgehead atoms. The molecule has 0 spiro atoms. The molecule has 0 atom stereocenters. The summed E-state index contributed by atoms with van der Waals surface area (Å²) >= 11 is 11.6. The minimum absolute atomic E-state index is 0.0145. The Morgan fingerprint density at radius 3 is 2.68 bits per heavy atom. The number of aromatic nitrogens is 5. The summed E-state index contributed by atoms with van der Waals surface area (Å²) in [6.07, 6.45) is 1.43. The molecule has 2 heterocycles. The molecule has 0 aliphatic heterocycles. The molecular formula is C13H9Cl2N7O3. The fraction of sp³-hybridized carbons (Fsp3) is 0.0769. The molecule has 3 aromatic rings. The maximum absolute atomic E-state index is 12.1. The van der Waals surface area contributed by atoms with Gasteiger partial charge in [-0.05, 0) is 22.6 Å². The first-order valence-electron chi connectivity index (χ1n) is 6.77. The third kappa shape index (κ3) is 3.75. The zero-order valence-corrected chi connectivity index (χ0v) is 13.8. The van der Waals surface area contributed by atoms with Gasteiger partial charge in [-0.2, -0.15) is 0 Å². The normalized spacial score (nSPS) is 10.6. The van der Waals surface area contributed by atoms with Gasteiger partial charge in [-0.1, -0.05) is 40.4 Å². The van der Waals surface area contributed by atoms with Crippen LogP contribution in [0.1, 0.15) is 16.1 Å². The molecule has 1 amide bonds. The van der Waals surface area contributed by atoms with Crippen molar-refractivity contribution in [2.75, 3.05) is 5.32 Å². The van der Waals surface area contributed by atoms with Crippen molar-refractivity contribution in [3.63, 3.8) is 0 Å². The average molecular weight is 382 g/mol. The number of hydrogen-bond acceptors (Lipinski definition) is 6. The summed E-state index contributed by atoms with van der Waals surface area (Å²) in [5.41, 5.74) is 0.626. The van der Waals surface area contributed by atoms with Crippen LogP contribution < -0.4 is 5.32 Å². The maximum Gasteiger partial charge on any atom is 0.362 e. The minimum Gasteiger partial charge on any atom is -0.358 e. The van der Waals surface area contributed by atoms with E-state index in [9.17, 15) is 14.9 Å². The van der Waals surface area contributed by atoms with E-state index in [1.807, 2.05) is 12.1 Å². The Balaban J connectivity index is 1.69. The number of H-pyrrole nitrogens is 1. The lowest BCUT2D eigenvalue weighted by atomic mass is 10.2. The number of benzene rings is 1. The van der Waals surface area contributed by atoms with Crippen LogP contribution in [0.3, 0.4) is 0 Å². The third-order valence-electron chi connectivity index (χ3n) is 3.11. The van der Waals surface area contributed by atoms with Crippen LogP contribution in [0.2, 0.25) is 10.0 Å². The molecule has 0 aliphatic carbocycles. The highest BCUT2D eigenvalue weighted by Gasteiger charge is 2.25. The molecule has 25 heavy (non-hydrogen) atoms. The Bertz CT molecular complexity index is 936. The van der Waals surface area contributed by atoms with Crippen molar-refractivity contribution < 1.29 is 9.72 Å². The van der Waals surface area contributed by atoms with Crippen LogP contribution in [0.5, 0.6) is 0 Å².